The molecular formula is C16H18N2O. The Morgan fingerprint density at radius 1 is 1.32 bits per heavy atom. The molecule has 1 aromatic heterocycles. The molecule has 19 heavy (non-hydrogen) atoms. The van der Waals surface area contributed by atoms with Crippen molar-refractivity contribution < 1.29 is 4.79 Å². The number of Topliss-reactive ketones (excluding diaryl/α,β-unsaturated/α-hetero) is 1. The van der Waals surface area contributed by atoms with Crippen molar-refractivity contribution in [3.05, 3.63) is 35.5 Å². The maximum atomic E-state index is 12.2. The van der Waals surface area contributed by atoms with Crippen LogP contribution in [0.5, 0.6) is 0 Å². The molecule has 2 aromatic rings. The zero-order valence-corrected chi connectivity index (χ0v) is 11.2. The fraction of sp³-hybridized carbons (Fsp3) is 0.375. The van der Waals surface area contributed by atoms with Crippen LogP contribution in [0.4, 0.5) is 0 Å². The quantitative estimate of drug-likeness (QED) is 0.620. The van der Waals surface area contributed by atoms with Crippen LogP contribution in [0.25, 0.3) is 10.9 Å². The third-order valence-corrected chi connectivity index (χ3v) is 3.38. The molecular weight excluding hydrogens is 236 g/mol. The summed E-state index contributed by atoms with van der Waals surface area (Å²) < 4.78 is 0. The molecule has 0 saturated carbocycles. The number of aromatic amines is 1. The number of aromatic nitrogens is 1. The number of carbonyl (C=O) groups is 1. The summed E-state index contributed by atoms with van der Waals surface area (Å²) in [5.74, 6) is 0.130. The molecule has 0 bridgehead atoms. The van der Waals surface area contributed by atoms with Gasteiger partial charge in [-0.1, -0.05) is 32.3 Å². The van der Waals surface area contributed by atoms with Gasteiger partial charge in [0.05, 0.1) is 11.6 Å². The number of nitrogens with one attached hydrogen (secondary N) is 1. The smallest absolute Gasteiger partial charge is 0.165 e. The van der Waals surface area contributed by atoms with Gasteiger partial charge < -0.3 is 4.98 Å². The van der Waals surface area contributed by atoms with Gasteiger partial charge in [-0.2, -0.15) is 5.26 Å². The standard InChI is InChI=1S/C16H18N2O/c1-2-3-4-5-9-15(19)13-11-18-14-8-6-7-12(10-17)16(13)14/h6-8,11,18H,2-5,9H2,1H3. The SMILES string of the molecule is CCCCCCC(=O)c1c[nH]c2cccc(C#N)c12. The minimum Gasteiger partial charge on any atom is -0.360 e. The molecule has 1 aromatic carbocycles. The second kappa shape index (κ2) is 6.19. The normalized spacial score (nSPS) is 10.5. The van der Waals surface area contributed by atoms with Crippen LogP contribution in [-0.4, -0.2) is 10.8 Å². The third kappa shape index (κ3) is 2.85. The summed E-state index contributed by atoms with van der Waals surface area (Å²) in [4.78, 5) is 15.3. The molecule has 0 radical (unpaired) electrons. The first-order valence-corrected chi connectivity index (χ1v) is 6.81. The van der Waals surface area contributed by atoms with Gasteiger partial charge in [-0.15, -0.1) is 0 Å². The first-order chi connectivity index (χ1) is 9.27. The molecule has 0 aliphatic heterocycles. The van der Waals surface area contributed by atoms with Crippen LogP contribution in [0.3, 0.4) is 0 Å². The van der Waals surface area contributed by atoms with Crippen LogP contribution in [0.15, 0.2) is 24.4 Å². The van der Waals surface area contributed by atoms with Crippen LogP contribution >= 0.6 is 0 Å². The molecule has 98 valence electrons. The van der Waals surface area contributed by atoms with Gasteiger partial charge >= 0.3 is 0 Å². The van der Waals surface area contributed by atoms with E-state index < -0.39 is 0 Å². The highest BCUT2D eigenvalue weighted by molar-refractivity contribution is 6.09. The Kier molecular flexibility index (Phi) is 4.35. The van der Waals surface area contributed by atoms with E-state index in [9.17, 15) is 4.79 Å². The lowest BCUT2D eigenvalue weighted by Gasteiger charge is -2.01. The predicted molar refractivity (Wildman–Crippen MR) is 76.1 cm³/mol. The first kappa shape index (κ1) is 13.4. The van der Waals surface area contributed by atoms with E-state index in [1.54, 1.807) is 12.3 Å². The number of hydrogen-bond donors (Lipinski definition) is 1. The topological polar surface area (TPSA) is 56.6 Å². The van der Waals surface area contributed by atoms with Crippen LogP contribution in [-0.2, 0) is 0 Å². The van der Waals surface area contributed by atoms with Gasteiger partial charge in [-0.05, 0) is 18.6 Å². The van der Waals surface area contributed by atoms with Gasteiger partial charge in [0.1, 0.15) is 0 Å². The summed E-state index contributed by atoms with van der Waals surface area (Å²) in [6, 6.07) is 7.63. The van der Waals surface area contributed by atoms with E-state index in [2.05, 4.69) is 18.0 Å². The van der Waals surface area contributed by atoms with Crippen LogP contribution in [0, 0.1) is 11.3 Å². The minimum absolute atomic E-state index is 0.130. The predicted octanol–water partition coefficient (Wildman–Crippen LogP) is 4.19. The molecule has 0 saturated heterocycles. The zero-order valence-electron chi connectivity index (χ0n) is 11.2. The van der Waals surface area contributed by atoms with E-state index in [1.807, 2.05) is 12.1 Å². The highest BCUT2D eigenvalue weighted by atomic mass is 16.1. The van der Waals surface area contributed by atoms with Crippen molar-refractivity contribution in [3.8, 4) is 6.07 Å². The molecule has 2 rings (SSSR count). The van der Waals surface area contributed by atoms with Gasteiger partial charge in [-0.3, -0.25) is 4.79 Å². The van der Waals surface area contributed by atoms with E-state index in [4.69, 9.17) is 5.26 Å². The van der Waals surface area contributed by atoms with Gasteiger partial charge in [-0.25, -0.2) is 0 Å². The number of unbranched alkanes of at least 4 members (excludes halogenated alkanes) is 3. The minimum atomic E-state index is 0.130. The average Bonchev–Trinajstić information content (AvgIpc) is 2.87. The third-order valence-electron chi connectivity index (χ3n) is 3.38. The number of benzene rings is 1. The number of nitriles is 1. The average molecular weight is 254 g/mol. The van der Waals surface area contributed by atoms with Gasteiger partial charge in [0.2, 0.25) is 0 Å². The lowest BCUT2D eigenvalue weighted by molar-refractivity contribution is 0.0981. The van der Waals surface area contributed by atoms with Gasteiger partial charge in [0, 0.05) is 29.1 Å². The van der Waals surface area contributed by atoms with Crippen molar-refractivity contribution in [2.24, 2.45) is 0 Å². The molecule has 0 spiro atoms. The summed E-state index contributed by atoms with van der Waals surface area (Å²) >= 11 is 0. The maximum Gasteiger partial charge on any atom is 0.165 e. The van der Waals surface area contributed by atoms with Crippen molar-refractivity contribution in [3.63, 3.8) is 0 Å². The molecule has 1 N–H and O–H groups in total. The number of rotatable bonds is 6. The number of carbonyl (C=O) groups excluding carboxylic acids is 1. The summed E-state index contributed by atoms with van der Waals surface area (Å²) in [7, 11) is 0. The summed E-state index contributed by atoms with van der Waals surface area (Å²) in [6.45, 7) is 2.15. The Labute approximate surface area is 113 Å². The largest absolute Gasteiger partial charge is 0.360 e. The summed E-state index contributed by atoms with van der Waals surface area (Å²) in [5.41, 5.74) is 2.08. The Hall–Kier alpha value is -2.08. The number of H-pyrrole nitrogens is 1. The number of nitrogens with zero attached hydrogens (tertiary/aromatic N) is 1. The molecule has 0 unspecified atom stereocenters. The van der Waals surface area contributed by atoms with Crippen LogP contribution < -0.4 is 0 Å². The molecule has 0 fully saturated rings. The highest BCUT2D eigenvalue weighted by Crippen LogP contribution is 2.24. The number of ketones is 1. The zero-order chi connectivity index (χ0) is 13.7. The second-order valence-corrected chi connectivity index (χ2v) is 4.78. The Morgan fingerprint density at radius 3 is 2.89 bits per heavy atom. The van der Waals surface area contributed by atoms with E-state index in [0.717, 1.165) is 23.7 Å². The molecule has 1 heterocycles. The maximum absolute atomic E-state index is 12.2. The number of fused-ring (bicyclic) bond motifs is 1. The Morgan fingerprint density at radius 2 is 2.16 bits per heavy atom. The van der Waals surface area contributed by atoms with Crippen LogP contribution in [0.1, 0.15) is 54.9 Å². The van der Waals surface area contributed by atoms with Gasteiger partial charge in [0.15, 0.2) is 5.78 Å². The highest BCUT2D eigenvalue weighted by Gasteiger charge is 2.14. The van der Waals surface area contributed by atoms with E-state index in [0.29, 0.717) is 17.5 Å². The fourth-order valence-corrected chi connectivity index (χ4v) is 2.34. The lowest BCUT2D eigenvalue weighted by atomic mass is 10.0. The molecule has 3 heteroatoms. The summed E-state index contributed by atoms with van der Waals surface area (Å²) in [5, 5.41) is 9.90. The lowest BCUT2D eigenvalue weighted by Crippen LogP contribution is -1.98. The molecule has 0 amide bonds. The van der Waals surface area contributed by atoms with Crippen molar-refractivity contribution in [2.45, 2.75) is 39.0 Å². The van der Waals surface area contributed by atoms with Crippen LogP contribution in [0.2, 0.25) is 0 Å². The van der Waals surface area contributed by atoms with Crippen molar-refractivity contribution in [2.75, 3.05) is 0 Å². The van der Waals surface area contributed by atoms with E-state index >= 15 is 0 Å². The number of hydrogen-bond acceptors (Lipinski definition) is 2. The van der Waals surface area contributed by atoms with Gasteiger partial charge in [0.25, 0.3) is 0 Å². The van der Waals surface area contributed by atoms with Crippen molar-refractivity contribution in [1.82, 2.24) is 4.98 Å². The monoisotopic (exact) mass is 254 g/mol. The first-order valence-electron chi connectivity index (χ1n) is 6.81. The van der Waals surface area contributed by atoms with Crippen molar-refractivity contribution in [1.29, 1.82) is 5.26 Å². The van der Waals surface area contributed by atoms with E-state index in [-0.39, 0.29) is 5.78 Å². The molecule has 3 nitrogen and oxygen atoms in total. The Bertz CT molecular complexity index is 619. The summed E-state index contributed by atoms with van der Waals surface area (Å²) in [6.07, 6.45) is 6.65. The molecule has 0 aliphatic carbocycles. The molecule has 0 aliphatic rings. The molecule has 0 atom stereocenters. The van der Waals surface area contributed by atoms with E-state index in [1.165, 1.54) is 12.8 Å². The fourth-order valence-electron chi connectivity index (χ4n) is 2.34. The Balaban J connectivity index is 2.21. The second-order valence-electron chi connectivity index (χ2n) is 4.78. The van der Waals surface area contributed by atoms with Crippen molar-refractivity contribution >= 4 is 16.7 Å².